The van der Waals surface area contributed by atoms with E-state index in [0.29, 0.717) is 16.5 Å². The van der Waals surface area contributed by atoms with Crippen LogP contribution >= 0.6 is 0 Å². The Kier molecular flexibility index (Phi) is 6.73. The maximum atomic E-state index is 12.8. The Morgan fingerprint density at radius 2 is 1.65 bits per heavy atom. The van der Waals surface area contributed by atoms with Gasteiger partial charge >= 0.3 is 17.7 Å². The van der Waals surface area contributed by atoms with Gasteiger partial charge < -0.3 is 19.2 Å². The molecule has 0 bridgehead atoms. The molecule has 1 N–H and O–H groups in total. The van der Waals surface area contributed by atoms with Crippen molar-refractivity contribution in [2.75, 3.05) is 0 Å². The lowest BCUT2D eigenvalue weighted by atomic mass is 10.0. The minimum Gasteiger partial charge on any atom is -0.445 e. The van der Waals surface area contributed by atoms with Crippen molar-refractivity contribution in [3.05, 3.63) is 100 Å². The van der Waals surface area contributed by atoms with Gasteiger partial charge in [-0.15, -0.1) is 0 Å². The number of nitrogens with one attached hydrogen (secondary N) is 1. The highest BCUT2D eigenvalue weighted by atomic mass is 16.6. The summed E-state index contributed by atoms with van der Waals surface area (Å²) in [6, 6.07) is 22.3. The number of alkyl carbamates (subject to hydrolysis) is 1. The van der Waals surface area contributed by atoms with E-state index >= 15 is 0 Å². The number of fused-ring (bicyclic) bond motifs is 1. The van der Waals surface area contributed by atoms with E-state index in [9.17, 15) is 14.4 Å². The van der Waals surface area contributed by atoms with Crippen molar-refractivity contribution in [3.63, 3.8) is 0 Å². The van der Waals surface area contributed by atoms with Crippen LogP contribution < -0.4 is 15.7 Å². The summed E-state index contributed by atoms with van der Waals surface area (Å²) >= 11 is 0. The van der Waals surface area contributed by atoms with Gasteiger partial charge in [0.25, 0.3) is 0 Å². The smallest absolute Gasteiger partial charge is 0.408 e. The Morgan fingerprint density at radius 1 is 0.971 bits per heavy atom. The summed E-state index contributed by atoms with van der Waals surface area (Å²) in [5, 5.41) is 2.97. The molecule has 1 heterocycles. The van der Waals surface area contributed by atoms with E-state index in [2.05, 4.69) is 5.32 Å². The minimum absolute atomic E-state index is 0.0798. The second-order valence-corrected chi connectivity index (χ2v) is 7.83. The van der Waals surface area contributed by atoms with Crippen molar-refractivity contribution < 1.29 is 23.5 Å². The molecule has 7 nitrogen and oxygen atoms in total. The van der Waals surface area contributed by atoms with Crippen LogP contribution in [0.3, 0.4) is 0 Å². The predicted octanol–water partition coefficient (Wildman–Crippen LogP) is 4.99. The number of carbonyl (C=O) groups is 2. The van der Waals surface area contributed by atoms with Crippen molar-refractivity contribution in [2.24, 2.45) is 0 Å². The molecule has 1 amide bonds. The van der Waals surface area contributed by atoms with Crippen LogP contribution in [0.4, 0.5) is 4.79 Å². The normalized spacial score (nSPS) is 11.6. The second kappa shape index (κ2) is 10.0. The topological polar surface area (TPSA) is 94.8 Å². The number of aryl methyl sites for hydroxylation is 1. The van der Waals surface area contributed by atoms with Crippen LogP contribution in [0.15, 0.2) is 88.1 Å². The molecule has 0 saturated heterocycles. The van der Waals surface area contributed by atoms with Gasteiger partial charge in [0.05, 0.1) is 5.39 Å². The van der Waals surface area contributed by atoms with Gasteiger partial charge in [-0.1, -0.05) is 60.7 Å². The first-order chi connectivity index (χ1) is 16.4. The van der Waals surface area contributed by atoms with E-state index in [0.717, 1.165) is 16.7 Å². The molecule has 34 heavy (non-hydrogen) atoms. The van der Waals surface area contributed by atoms with E-state index in [1.807, 2.05) is 60.7 Å². The Hall–Kier alpha value is -4.39. The van der Waals surface area contributed by atoms with Gasteiger partial charge in [0.2, 0.25) is 0 Å². The van der Waals surface area contributed by atoms with Crippen LogP contribution in [0, 0.1) is 6.92 Å². The SMILES string of the molecule is Cc1cc(OC(=O)C(C)NC(=O)OCc2ccccc2)c2c(-c3ccccc3)cc(=O)oc2c1. The summed E-state index contributed by atoms with van der Waals surface area (Å²) in [4.78, 5) is 37.1. The van der Waals surface area contributed by atoms with Gasteiger partial charge in [0.1, 0.15) is 24.0 Å². The first-order valence-electron chi connectivity index (χ1n) is 10.7. The summed E-state index contributed by atoms with van der Waals surface area (Å²) in [5.41, 5.74) is 2.72. The number of carbonyl (C=O) groups excluding carboxylic acids is 2. The molecular formula is C27H23NO6. The molecule has 1 aromatic heterocycles. The zero-order valence-electron chi connectivity index (χ0n) is 18.7. The highest BCUT2D eigenvalue weighted by molar-refractivity contribution is 5.99. The number of hydrogen-bond acceptors (Lipinski definition) is 6. The van der Waals surface area contributed by atoms with Crippen molar-refractivity contribution in [3.8, 4) is 16.9 Å². The van der Waals surface area contributed by atoms with Crippen molar-refractivity contribution in [1.29, 1.82) is 0 Å². The number of benzene rings is 3. The minimum atomic E-state index is -0.977. The third kappa shape index (κ3) is 5.32. The maximum absolute atomic E-state index is 12.8. The lowest BCUT2D eigenvalue weighted by Crippen LogP contribution is -2.41. The molecule has 0 aliphatic carbocycles. The molecule has 0 saturated carbocycles. The van der Waals surface area contributed by atoms with Crippen LogP contribution in [0.25, 0.3) is 22.1 Å². The number of ether oxygens (including phenoxy) is 2. The fourth-order valence-corrected chi connectivity index (χ4v) is 3.52. The van der Waals surface area contributed by atoms with Gasteiger partial charge in [-0.2, -0.15) is 0 Å². The quantitative estimate of drug-likeness (QED) is 0.249. The van der Waals surface area contributed by atoms with E-state index in [1.54, 1.807) is 19.1 Å². The van der Waals surface area contributed by atoms with Crippen molar-refractivity contribution >= 4 is 23.0 Å². The number of hydrogen-bond donors (Lipinski definition) is 1. The lowest BCUT2D eigenvalue weighted by molar-refractivity contribution is -0.136. The summed E-state index contributed by atoms with van der Waals surface area (Å²) in [5.74, 6) is -0.456. The first-order valence-corrected chi connectivity index (χ1v) is 10.7. The summed E-state index contributed by atoms with van der Waals surface area (Å²) in [6.45, 7) is 3.38. The average molecular weight is 457 g/mol. The van der Waals surface area contributed by atoms with Gasteiger partial charge in [0, 0.05) is 11.6 Å². The fraction of sp³-hybridized carbons (Fsp3) is 0.148. The lowest BCUT2D eigenvalue weighted by Gasteiger charge is -2.16. The van der Waals surface area contributed by atoms with Crippen LogP contribution in [0.2, 0.25) is 0 Å². The molecule has 0 radical (unpaired) electrons. The molecule has 0 aliphatic rings. The Bertz CT molecular complexity index is 1380. The van der Waals surface area contributed by atoms with Crippen LogP contribution in [0.1, 0.15) is 18.1 Å². The van der Waals surface area contributed by atoms with Gasteiger partial charge in [-0.25, -0.2) is 14.4 Å². The summed E-state index contributed by atoms with van der Waals surface area (Å²) < 4.78 is 16.2. The molecule has 4 rings (SSSR count). The van der Waals surface area contributed by atoms with Gasteiger partial charge in [0.15, 0.2) is 0 Å². The summed E-state index contributed by atoms with van der Waals surface area (Å²) in [7, 11) is 0. The number of rotatable bonds is 6. The molecule has 0 aliphatic heterocycles. The van der Waals surface area contributed by atoms with Crippen molar-refractivity contribution in [1.82, 2.24) is 5.32 Å². The maximum Gasteiger partial charge on any atom is 0.408 e. The van der Waals surface area contributed by atoms with Gasteiger partial charge in [-0.05, 0) is 42.7 Å². The zero-order valence-corrected chi connectivity index (χ0v) is 18.7. The average Bonchev–Trinajstić information content (AvgIpc) is 2.83. The number of amides is 1. The number of esters is 1. The largest absolute Gasteiger partial charge is 0.445 e. The van der Waals surface area contributed by atoms with E-state index in [4.69, 9.17) is 13.9 Å². The van der Waals surface area contributed by atoms with Crippen molar-refractivity contribution in [2.45, 2.75) is 26.5 Å². The van der Waals surface area contributed by atoms with E-state index in [1.165, 1.54) is 13.0 Å². The standard InChI is InChI=1S/C27H23NO6/c1-17-13-22-25(21(15-24(29)33-22)20-11-7-4-8-12-20)23(14-17)34-26(30)18(2)28-27(31)32-16-19-9-5-3-6-10-19/h3-15,18H,16H2,1-2H3,(H,28,31). The Labute approximate surface area is 195 Å². The highest BCUT2D eigenvalue weighted by Crippen LogP contribution is 2.35. The molecule has 0 spiro atoms. The Balaban J connectivity index is 1.55. The van der Waals surface area contributed by atoms with E-state index < -0.39 is 23.7 Å². The Morgan fingerprint density at radius 3 is 2.35 bits per heavy atom. The molecule has 1 unspecified atom stereocenters. The van der Waals surface area contributed by atoms with E-state index in [-0.39, 0.29) is 12.4 Å². The third-order valence-electron chi connectivity index (χ3n) is 5.15. The monoisotopic (exact) mass is 457 g/mol. The first kappa shape index (κ1) is 22.8. The molecule has 172 valence electrons. The molecule has 4 aromatic rings. The molecule has 1 atom stereocenters. The predicted molar refractivity (Wildman–Crippen MR) is 128 cm³/mol. The highest BCUT2D eigenvalue weighted by Gasteiger charge is 2.22. The van der Waals surface area contributed by atoms with Gasteiger partial charge in [-0.3, -0.25) is 0 Å². The molecule has 0 fully saturated rings. The third-order valence-corrected chi connectivity index (χ3v) is 5.15. The van der Waals surface area contributed by atoms with Crippen LogP contribution in [-0.2, 0) is 16.1 Å². The molecular weight excluding hydrogens is 434 g/mol. The molecule has 3 aromatic carbocycles. The zero-order chi connectivity index (χ0) is 24.1. The second-order valence-electron chi connectivity index (χ2n) is 7.83. The fourth-order valence-electron chi connectivity index (χ4n) is 3.52. The molecule has 7 heteroatoms. The van der Waals surface area contributed by atoms with Crippen LogP contribution in [-0.4, -0.2) is 18.1 Å². The van der Waals surface area contributed by atoms with Crippen LogP contribution in [0.5, 0.6) is 5.75 Å². The summed E-state index contributed by atoms with van der Waals surface area (Å²) in [6.07, 6.45) is -0.738.